The molecule has 0 bridgehead atoms. The highest BCUT2D eigenvalue weighted by atomic mass is 35.5. The van der Waals surface area contributed by atoms with E-state index in [1.54, 1.807) is 12.1 Å². The van der Waals surface area contributed by atoms with Gasteiger partial charge in [-0.3, -0.25) is 4.79 Å². The van der Waals surface area contributed by atoms with E-state index in [1.807, 2.05) is 6.92 Å². The predicted octanol–water partition coefficient (Wildman–Crippen LogP) is 2.04. The highest BCUT2D eigenvalue weighted by molar-refractivity contribution is 6.31. The summed E-state index contributed by atoms with van der Waals surface area (Å²) in [6, 6.07) is 5.75. The molecule has 0 saturated heterocycles. The van der Waals surface area contributed by atoms with Crippen LogP contribution in [-0.4, -0.2) is 5.78 Å². The topological polar surface area (TPSA) is 43.1 Å². The lowest BCUT2D eigenvalue weighted by atomic mass is 10.0. The predicted molar refractivity (Wildman–Crippen MR) is 52.6 cm³/mol. The summed E-state index contributed by atoms with van der Waals surface area (Å²) in [6.07, 6.45) is 0. The first kappa shape index (κ1) is 10.2. The van der Waals surface area contributed by atoms with Crippen LogP contribution in [0.25, 0.3) is 0 Å². The zero-order chi connectivity index (χ0) is 10.0. The molecule has 0 aliphatic rings. The minimum atomic E-state index is -0.635. The van der Waals surface area contributed by atoms with Crippen molar-refractivity contribution in [2.24, 2.45) is 5.73 Å². The quantitative estimate of drug-likeness (QED) is 0.787. The summed E-state index contributed by atoms with van der Waals surface area (Å²) < 4.78 is 0. The number of nitrogens with two attached hydrogens (primary N) is 1. The van der Waals surface area contributed by atoms with Crippen LogP contribution in [0.3, 0.4) is 0 Å². The van der Waals surface area contributed by atoms with E-state index in [-0.39, 0.29) is 5.78 Å². The van der Waals surface area contributed by atoms with Crippen molar-refractivity contribution < 1.29 is 4.79 Å². The van der Waals surface area contributed by atoms with Crippen molar-refractivity contribution in [3.63, 3.8) is 0 Å². The lowest BCUT2D eigenvalue weighted by Crippen LogP contribution is -2.18. The van der Waals surface area contributed by atoms with E-state index in [1.165, 1.54) is 6.92 Å². The standard InChI is InChI=1S/C10H11ClNO/c1-6-3-4-8(9(11)5-6)10(12)7(2)13/h4-5,10H,12H2,1-2H3. The SMILES string of the molecule is CC(=O)C(N)c1c[c]c(C)cc1Cl. The van der Waals surface area contributed by atoms with Gasteiger partial charge in [0, 0.05) is 5.02 Å². The van der Waals surface area contributed by atoms with Crippen LogP contribution in [0, 0.1) is 13.0 Å². The minimum Gasteiger partial charge on any atom is -0.318 e. The number of ketones is 1. The third kappa shape index (κ3) is 2.29. The van der Waals surface area contributed by atoms with Crippen molar-refractivity contribution in [3.05, 3.63) is 34.3 Å². The molecular formula is C10H11ClNO. The van der Waals surface area contributed by atoms with Crippen molar-refractivity contribution in [3.8, 4) is 0 Å². The Labute approximate surface area is 82.7 Å². The van der Waals surface area contributed by atoms with Gasteiger partial charge in [0.2, 0.25) is 0 Å². The van der Waals surface area contributed by atoms with E-state index in [9.17, 15) is 4.79 Å². The van der Waals surface area contributed by atoms with Crippen LogP contribution in [0.15, 0.2) is 12.1 Å². The second kappa shape index (κ2) is 3.90. The first-order chi connectivity index (χ1) is 6.02. The van der Waals surface area contributed by atoms with Crippen molar-refractivity contribution in [1.29, 1.82) is 0 Å². The zero-order valence-electron chi connectivity index (χ0n) is 7.60. The fourth-order valence-corrected chi connectivity index (χ4v) is 1.37. The number of halogens is 1. The summed E-state index contributed by atoms with van der Waals surface area (Å²) in [7, 11) is 0. The fraction of sp³-hybridized carbons (Fsp3) is 0.300. The molecule has 0 amide bonds. The first-order valence-electron chi connectivity index (χ1n) is 3.96. The Morgan fingerprint density at radius 2 is 2.31 bits per heavy atom. The average Bonchev–Trinajstić information content (AvgIpc) is 2.03. The molecule has 0 aromatic heterocycles. The molecule has 0 fully saturated rings. The summed E-state index contributed by atoms with van der Waals surface area (Å²) in [5, 5.41) is 0.527. The number of carbonyl (C=O) groups is 1. The van der Waals surface area contributed by atoms with Crippen LogP contribution < -0.4 is 5.73 Å². The Morgan fingerprint density at radius 3 is 2.77 bits per heavy atom. The van der Waals surface area contributed by atoms with Gasteiger partial charge in [0.05, 0.1) is 6.04 Å². The molecule has 1 rings (SSSR count). The lowest BCUT2D eigenvalue weighted by molar-refractivity contribution is -0.118. The van der Waals surface area contributed by atoms with Gasteiger partial charge in [-0.1, -0.05) is 11.6 Å². The highest BCUT2D eigenvalue weighted by Gasteiger charge is 2.13. The maximum absolute atomic E-state index is 11.0. The number of aryl methyl sites for hydroxylation is 1. The van der Waals surface area contributed by atoms with Gasteiger partial charge in [-0.05, 0) is 43.2 Å². The summed E-state index contributed by atoms with van der Waals surface area (Å²) in [5.74, 6) is -0.0980. The van der Waals surface area contributed by atoms with Crippen LogP contribution >= 0.6 is 11.6 Å². The zero-order valence-corrected chi connectivity index (χ0v) is 8.35. The van der Waals surface area contributed by atoms with E-state index in [0.29, 0.717) is 10.6 Å². The number of Topliss-reactive ketones (excluding diaryl/α,β-unsaturated/α-hetero) is 1. The second-order valence-corrected chi connectivity index (χ2v) is 3.41. The van der Waals surface area contributed by atoms with E-state index in [4.69, 9.17) is 17.3 Å². The summed E-state index contributed by atoms with van der Waals surface area (Å²) >= 11 is 5.92. The van der Waals surface area contributed by atoms with E-state index >= 15 is 0 Å². The fourth-order valence-electron chi connectivity index (χ4n) is 1.03. The molecule has 0 heterocycles. The van der Waals surface area contributed by atoms with Crippen molar-refractivity contribution >= 4 is 17.4 Å². The molecule has 0 aliphatic heterocycles. The van der Waals surface area contributed by atoms with Crippen LogP contribution in [0.1, 0.15) is 24.1 Å². The summed E-state index contributed by atoms with van der Waals surface area (Å²) in [5.41, 5.74) is 7.21. The van der Waals surface area contributed by atoms with Crippen LogP contribution in [0.4, 0.5) is 0 Å². The Bertz CT molecular complexity index is 336. The number of benzene rings is 1. The molecule has 3 heteroatoms. The van der Waals surface area contributed by atoms with Gasteiger partial charge in [0.1, 0.15) is 0 Å². The van der Waals surface area contributed by atoms with Crippen LogP contribution in [0.5, 0.6) is 0 Å². The summed E-state index contributed by atoms with van der Waals surface area (Å²) in [6.45, 7) is 3.33. The molecule has 1 unspecified atom stereocenters. The van der Waals surface area contributed by atoms with Crippen molar-refractivity contribution in [2.75, 3.05) is 0 Å². The van der Waals surface area contributed by atoms with Gasteiger partial charge < -0.3 is 5.73 Å². The van der Waals surface area contributed by atoms with Crippen LogP contribution in [-0.2, 0) is 4.79 Å². The molecule has 0 aliphatic carbocycles. The van der Waals surface area contributed by atoms with Crippen LogP contribution in [0.2, 0.25) is 5.02 Å². The molecule has 13 heavy (non-hydrogen) atoms. The largest absolute Gasteiger partial charge is 0.318 e. The summed E-state index contributed by atoms with van der Waals surface area (Å²) in [4.78, 5) is 11.0. The van der Waals surface area contributed by atoms with Crippen molar-refractivity contribution in [2.45, 2.75) is 19.9 Å². The average molecular weight is 197 g/mol. The maximum atomic E-state index is 11.0. The van der Waals surface area contributed by atoms with Gasteiger partial charge in [0.25, 0.3) is 0 Å². The third-order valence-electron chi connectivity index (χ3n) is 1.85. The maximum Gasteiger partial charge on any atom is 0.151 e. The molecule has 0 saturated carbocycles. The van der Waals surface area contributed by atoms with Gasteiger partial charge in [-0.25, -0.2) is 0 Å². The Morgan fingerprint density at radius 1 is 1.69 bits per heavy atom. The normalized spacial score (nSPS) is 12.6. The van der Waals surface area contributed by atoms with Gasteiger partial charge in [-0.2, -0.15) is 0 Å². The molecule has 1 radical (unpaired) electrons. The molecular weight excluding hydrogens is 186 g/mol. The lowest BCUT2D eigenvalue weighted by Gasteiger charge is -2.10. The van der Waals surface area contributed by atoms with Crippen molar-refractivity contribution in [1.82, 2.24) is 0 Å². The molecule has 69 valence electrons. The Balaban J connectivity index is 3.08. The molecule has 0 spiro atoms. The first-order valence-corrected chi connectivity index (χ1v) is 4.34. The molecule has 1 atom stereocenters. The molecule has 2 nitrogen and oxygen atoms in total. The number of hydrogen-bond acceptors (Lipinski definition) is 2. The molecule has 1 aromatic rings. The van der Waals surface area contributed by atoms with Gasteiger partial charge in [0.15, 0.2) is 5.78 Å². The Kier molecular flexibility index (Phi) is 3.07. The molecule has 2 N–H and O–H groups in total. The minimum absolute atomic E-state index is 0.0980. The second-order valence-electron chi connectivity index (χ2n) is 3.01. The monoisotopic (exact) mass is 196 g/mol. The highest BCUT2D eigenvalue weighted by Crippen LogP contribution is 2.22. The van der Waals surface area contributed by atoms with E-state index in [2.05, 4.69) is 6.07 Å². The van der Waals surface area contributed by atoms with Gasteiger partial charge >= 0.3 is 0 Å². The molecule has 1 aromatic carbocycles. The van der Waals surface area contributed by atoms with E-state index < -0.39 is 6.04 Å². The van der Waals surface area contributed by atoms with E-state index in [0.717, 1.165) is 5.56 Å². The number of rotatable bonds is 2. The third-order valence-corrected chi connectivity index (χ3v) is 2.17. The Hall–Kier alpha value is -0.860. The smallest absolute Gasteiger partial charge is 0.151 e. The van der Waals surface area contributed by atoms with Gasteiger partial charge in [-0.15, -0.1) is 0 Å². The number of carbonyl (C=O) groups excluding carboxylic acids is 1. The number of hydrogen-bond donors (Lipinski definition) is 1.